The first-order chi connectivity index (χ1) is 9.46. The van der Waals surface area contributed by atoms with E-state index in [1.54, 1.807) is 7.11 Å². The highest BCUT2D eigenvalue weighted by Crippen LogP contribution is 2.37. The van der Waals surface area contributed by atoms with Crippen molar-refractivity contribution in [2.75, 3.05) is 39.0 Å². The number of ether oxygens (including phenoxy) is 3. The first-order valence-electron chi connectivity index (χ1n) is 5.80. The number of anilines is 2. The van der Waals surface area contributed by atoms with Crippen LogP contribution in [-0.4, -0.2) is 45.9 Å². The van der Waals surface area contributed by atoms with Gasteiger partial charge in [-0.15, -0.1) is 11.3 Å². The highest BCUT2D eigenvalue weighted by Gasteiger charge is 2.27. The molecular weight excluding hydrogens is 284 g/mol. The first-order valence-corrected chi connectivity index (χ1v) is 6.62. The number of nitrogens with two attached hydrogens (primary N) is 1. The van der Waals surface area contributed by atoms with Crippen LogP contribution < -0.4 is 11.1 Å². The number of esters is 2. The predicted molar refractivity (Wildman–Crippen MR) is 76.4 cm³/mol. The van der Waals surface area contributed by atoms with Gasteiger partial charge in [-0.25, -0.2) is 9.59 Å². The van der Waals surface area contributed by atoms with Crippen LogP contribution in [0.3, 0.4) is 0 Å². The minimum atomic E-state index is -0.610. The maximum absolute atomic E-state index is 11.8. The van der Waals surface area contributed by atoms with Crippen LogP contribution in [0.15, 0.2) is 0 Å². The van der Waals surface area contributed by atoms with E-state index in [0.717, 1.165) is 11.3 Å². The monoisotopic (exact) mass is 302 g/mol. The van der Waals surface area contributed by atoms with Crippen molar-refractivity contribution in [3.63, 3.8) is 0 Å². The summed E-state index contributed by atoms with van der Waals surface area (Å²) >= 11 is 1.05. The molecule has 1 aromatic rings. The maximum Gasteiger partial charge on any atom is 0.350 e. The molecule has 1 heterocycles. The van der Waals surface area contributed by atoms with E-state index >= 15 is 0 Å². The zero-order chi connectivity index (χ0) is 15.3. The van der Waals surface area contributed by atoms with Gasteiger partial charge in [0.2, 0.25) is 0 Å². The smallest absolute Gasteiger partial charge is 0.350 e. The summed E-state index contributed by atoms with van der Waals surface area (Å²) < 4.78 is 14.3. The van der Waals surface area contributed by atoms with Gasteiger partial charge in [0, 0.05) is 13.2 Å². The Bertz CT molecular complexity index is 500. The first kappa shape index (κ1) is 16.3. The van der Waals surface area contributed by atoms with Crippen LogP contribution in [0.5, 0.6) is 0 Å². The fourth-order valence-electron chi connectivity index (χ4n) is 1.61. The fourth-order valence-corrected chi connectivity index (χ4v) is 2.75. The molecule has 1 rings (SSSR count). The van der Waals surface area contributed by atoms with Gasteiger partial charge in [0.1, 0.15) is 15.4 Å². The number of rotatable bonds is 6. The summed E-state index contributed by atoms with van der Waals surface area (Å²) in [5, 5.41) is 3.53. The largest absolute Gasteiger partial charge is 0.465 e. The van der Waals surface area contributed by atoms with Crippen LogP contribution in [-0.2, 0) is 14.2 Å². The summed E-state index contributed by atoms with van der Waals surface area (Å²) in [4.78, 5) is 23.6. The highest BCUT2D eigenvalue weighted by molar-refractivity contribution is 7.19. The number of carbonyl (C=O) groups excluding carboxylic acids is 2. The van der Waals surface area contributed by atoms with E-state index in [4.69, 9.17) is 15.2 Å². The van der Waals surface area contributed by atoms with E-state index in [2.05, 4.69) is 10.1 Å². The summed E-state index contributed by atoms with van der Waals surface area (Å²) in [6.07, 6.45) is 0. The summed E-state index contributed by atoms with van der Waals surface area (Å²) in [6, 6.07) is -0.0630. The van der Waals surface area contributed by atoms with E-state index in [0.29, 0.717) is 11.6 Å². The quantitative estimate of drug-likeness (QED) is 0.765. The van der Waals surface area contributed by atoms with Crippen molar-refractivity contribution >= 4 is 34.0 Å². The van der Waals surface area contributed by atoms with Crippen LogP contribution in [0.2, 0.25) is 0 Å². The Labute approximate surface area is 121 Å². The Kier molecular flexibility index (Phi) is 5.78. The topological polar surface area (TPSA) is 99.9 Å². The molecule has 0 amide bonds. The third kappa shape index (κ3) is 3.40. The van der Waals surface area contributed by atoms with Gasteiger partial charge in [-0.05, 0) is 6.92 Å². The molecule has 0 fully saturated rings. The Hall–Kier alpha value is -1.80. The number of nitrogens with one attached hydrogen (secondary N) is 1. The molecule has 0 aliphatic heterocycles. The molecule has 0 saturated carbocycles. The van der Waals surface area contributed by atoms with Crippen LogP contribution >= 0.6 is 11.3 Å². The SMILES string of the molecule is COCC(C)Nc1sc(C(=O)OC)c(N)c1C(=O)OC. The maximum atomic E-state index is 11.8. The van der Waals surface area contributed by atoms with E-state index in [9.17, 15) is 9.59 Å². The van der Waals surface area contributed by atoms with Gasteiger partial charge in [-0.2, -0.15) is 0 Å². The highest BCUT2D eigenvalue weighted by atomic mass is 32.1. The summed E-state index contributed by atoms with van der Waals surface area (Å²) in [5.41, 5.74) is 6.04. The van der Waals surface area contributed by atoms with Crippen molar-refractivity contribution < 1.29 is 23.8 Å². The van der Waals surface area contributed by atoms with Crippen LogP contribution in [0, 0.1) is 0 Å². The van der Waals surface area contributed by atoms with Gasteiger partial charge in [0.15, 0.2) is 0 Å². The zero-order valence-electron chi connectivity index (χ0n) is 11.8. The van der Waals surface area contributed by atoms with E-state index < -0.39 is 11.9 Å². The Balaban J connectivity index is 3.20. The lowest BCUT2D eigenvalue weighted by Gasteiger charge is -2.13. The minimum absolute atomic E-state index is 0.0563. The van der Waals surface area contributed by atoms with E-state index in [1.165, 1.54) is 14.2 Å². The van der Waals surface area contributed by atoms with Crippen LogP contribution in [0.1, 0.15) is 27.0 Å². The average Bonchev–Trinajstić information content (AvgIpc) is 2.74. The number of nitrogen functional groups attached to an aromatic ring is 1. The number of hydrogen-bond donors (Lipinski definition) is 2. The second-order valence-corrected chi connectivity index (χ2v) is 5.05. The average molecular weight is 302 g/mol. The van der Waals surface area contributed by atoms with E-state index in [1.807, 2.05) is 6.92 Å². The van der Waals surface area contributed by atoms with Gasteiger partial charge in [-0.1, -0.05) is 0 Å². The van der Waals surface area contributed by atoms with Crippen molar-refractivity contribution in [1.82, 2.24) is 0 Å². The second-order valence-electron chi connectivity index (χ2n) is 4.03. The predicted octanol–water partition coefficient (Wildman–Crippen LogP) is 1.35. The zero-order valence-corrected chi connectivity index (χ0v) is 12.6. The molecule has 20 heavy (non-hydrogen) atoms. The summed E-state index contributed by atoms with van der Waals surface area (Å²) in [5.74, 6) is -1.20. The van der Waals surface area contributed by atoms with Gasteiger partial charge < -0.3 is 25.3 Å². The van der Waals surface area contributed by atoms with Gasteiger partial charge in [0.25, 0.3) is 0 Å². The molecule has 0 bridgehead atoms. The molecule has 0 aromatic carbocycles. The fraction of sp³-hybridized carbons (Fsp3) is 0.500. The Morgan fingerprint density at radius 2 is 1.85 bits per heavy atom. The second kappa shape index (κ2) is 7.11. The number of carbonyl (C=O) groups is 2. The number of thiophene rings is 1. The standard InChI is InChI=1S/C12H18N2O5S/c1-6(5-17-2)14-10-7(11(15)18-3)8(13)9(20-10)12(16)19-4/h6,14H,5,13H2,1-4H3. The molecule has 3 N–H and O–H groups in total. The molecule has 7 nitrogen and oxygen atoms in total. The lowest BCUT2D eigenvalue weighted by atomic mass is 10.2. The van der Waals surface area contributed by atoms with Gasteiger partial charge >= 0.3 is 11.9 Å². The molecule has 0 radical (unpaired) electrons. The van der Waals surface area contributed by atoms with Crippen molar-refractivity contribution in [3.8, 4) is 0 Å². The Morgan fingerprint density at radius 1 is 1.25 bits per heavy atom. The molecule has 1 unspecified atom stereocenters. The third-order valence-corrected chi connectivity index (χ3v) is 3.62. The molecule has 0 spiro atoms. The summed E-state index contributed by atoms with van der Waals surface area (Å²) in [7, 11) is 4.07. The lowest BCUT2D eigenvalue weighted by molar-refractivity contribution is 0.0602. The van der Waals surface area contributed by atoms with Crippen molar-refractivity contribution in [3.05, 3.63) is 10.4 Å². The molecule has 1 atom stereocenters. The van der Waals surface area contributed by atoms with Crippen molar-refractivity contribution in [2.45, 2.75) is 13.0 Å². The normalized spacial score (nSPS) is 11.8. The molecular formula is C12H18N2O5S. The minimum Gasteiger partial charge on any atom is -0.465 e. The van der Waals surface area contributed by atoms with Crippen molar-refractivity contribution in [2.24, 2.45) is 0 Å². The van der Waals surface area contributed by atoms with Crippen molar-refractivity contribution in [1.29, 1.82) is 0 Å². The van der Waals surface area contributed by atoms with E-state index in [-0.39, 0.29) is 22.2 Å². The molecule has 1 aromatic heterocycles. The Morgan fingerprint density at radius 3 is 2.35 bits per heavy atom. The third-order valence-electron chi connectivity index (χ3n) is 2.50. The lowest BCUT2D eigenvalue weighted by Crippen LogP contribution is -2.21. The molecule has 112 valence electrons. The van der Waals surface area contributed by atoms with Crippen LogP contribution in [0.4, 0.5) is 10.7 Å². The van der Waals surface area contributed by atoms with Gasteiger partial charge in [-0.3, -0.25) is 0 Å². The summed E-state index contributed by atoms with van der Waals surface area (Å²) in [6.45, 7) is 2.31. The molecule has 8 heteroatoms. The number of methoxy groups -OCH3 is 3. The number of hydrogen-bond acceptors (Lipinski definition) is 8. The van der Waals surface area contributed by atoms with Crippen LogP contribution in [0.25, 0.3) is 0 Å². The molecule has 0 aliphatic carbocycles. The van der Waals surface area contributed by atoms with Gasteiger partial charge in [0.05, 0.1) is 26.5 Å². The molecule has 0 aliphatic rings. The molecule has 0 saturated heterocycles.